The molecule has 7 nitrogen and oxygen atoms in total. The van der Waals surface area contributed by atoms with Gasteiger partial charge in [-0.25, -0.2) is 0 Å². The third-order valence-corrected chi connectivity index (χ3v) is 2.85. The minimum absolute atomic E-state index is 0.335. The van der Waals surface area contributed by atoms with Crippen molar-refractivity contribution in [2.75, 3.05) is 0 Å². The Labute approximate surface area is 106 Å². The highest BCUT2D eigenvalue weighted by Gasteiger charge is 2.19. The molecule has 0 saturated carbocycles. The second-order valence-electron chi connectivity index (χ2n) is 3.93. The van der Waals surface area contributed by atoms with Gasteiger partial charge in [-0.2, -0.15) is 15.4 Å². The first-order valence-electron chi connectivity index (χ1n) is 5.44. The van der Waals surface area contributed by atoms with Gasteiger partial charge in [-0.1, -0.05) is 24.3 Å². The maximum absolute atomic E-state index is 10.8. The lowest BCUT2D eigenvalue weighted by atomic mass is 10.0. The first kappa shape index (κ1) is 11.1. The van der Waals surface area contributed by atoms with E-state index in [1.165, 1.54) is 12.1 Å². The zero-order chi connectivity index (χ0) is 13.4. The number of nitrogens with one attached hydrogen (secondary N) is 1. The van der Waals surface area contributed by atoms with E-state index in [4.69, 9.17) is 0 Å². The number of aromatic nitrogens is 3. The summed E-state index contributed by atoms with van der Waals surface area (Å²) in [7, 11) is 0. The number of fused-ring (bicyclic) bond motifs is 1. The first-order chi connectivity index (χ1) is 9.18. The van der Waals surface area contributed by atoms with Crippen LogP contribution in [0, 0.1) is 10.1 Å². The number of aromatic amines is 1. The molecule has 0 aliphatic carbocycles. The van der Waals surface area contributed by atoms with Crippen LogP contribution in [0.4, 0.5) is 5.69 Å². The molecule has 7 heteroatoms. The van der Waals surface area contributed by atoms with Gasteiger partial charge in [0.15, 0.2) is 0 Å². The topological polar surface area (TPSA) is 105 Å². The Morgan fingerprint density at radius 1 is 1.11 bits per heavy atom. The molecule has 0 saturated heterocycles. The number of nitrogens with zero attached hydrogens (tertiary/aromatic N) is 3. The number of phenolic OH excluding ortho intramolecular Hbond substituents is 1. The molecule has 1 heterocycles. The molecule has 0 spiro atoms. The molecule has 3 aromatic rings. The predicted octanol–water partition coefficient (Wildman–Crippen LogP) is 2.24. The molecule has 1 aromatic heterocycles. The molecule has 0 atom stereocenters. The van der Waals surface area contributed by atoms with Crippen LogP contribution in [-0.2, 0) is 0 Å². The molecule has 19 heavy (non-hydrogen) atoms. The molecule has 0 radical (unpaired) electrons. The Bertz CT molecular complexity index is 781. The number of para-hydroxylation sites is 2. The molecule has 2 aromatic carbocycles. The minimum atomic E-state index is -0.623. The number of nitro groups is 1. The Morgan fingerprint density at radius 3 is 2.63 bits per heavy atom. The number of hydrogen-bond acceptors (Lipinski definition) is 5. The monoisotopic (exact) mass is 256 g/mol. The third-order valence-electron chi connectivity index (χ3n) is 2.85. The first-order valence-corrected chi connectivity index (χ1v) is 5.44. The van der Waals surface area contributed by atoms with E-state index in [1.807, 2.05) is 0 Å². The highest BCUT2D eigenvalue weighted by molar-refractivity contribution is 5.93. The molecule has 0 bridgehead atoms. The Hall–Kier alpha value is -2.96. The van der Waals surface area contributed by atoms with E-state index >= 15 is 0 Å². The maximum atomic E-state index is 10.8. The van der Waals surface area contributed by atoms with Crippen molar-refractivity contribution >= 4 is 16.7 Å². The number of H-pyrrole nitrogens is 1. The summed E-state index contributed by atoms with van der Waals surface area (Å²) in [4.78, 5) is 10.2. The minimum Gasteiger partial charge on any atom is -0.502 e. The van der Waals surface area contributed by atoms with Crippen molar-refractivity contribution in [3.8, 4) is 16.9 Å². The fourth-order valence-corrected chi connectivity index (χ4v) is 1.98. The van der Waals surface area contributed by atoms with E-state index in [2.05, 4.69) is 15.4 Å². The molecule has 2 N–H and O–H groups in total. The van der Waals surface area contributed by atoms with Crippen LogP contribution in [0.5, 0.6) is 5.75 Å². The van der Waals surface area contributed by atoms with Crippen LogP contribution in [0.3, 0.4) is 0 Å². The third kappa shape index (κ3) is 1.68. The van der Waals surface area contributed by atoms with Crippen molar-refractivity contribution in [1.29, 1.82) is 0 Å². The number of aromatic hydroxyl groups is 1. The lowest BCUT2D eigenvalue weighted by molar-refractivity contribution is -0.385. The summed E-state index contributed by atoms with van der Waals surface area (Å²) in [6, 6.07) is 9.61. The molecular formula is C12H8N4O3. The number of hydrogen-bond donors (Lipinski definition) is 2. The summed E-state index contributed by atoms with van der Waals surface area (Å²) in [5, 5.41) is 31.3. The summed E-state index contributed by atoms with van der Waals surface area (Å²) in [5.74, 6) is -0.372. The Morgan fingerprint density at radius 2 is 1.84 bits per heavy atom. The lowest BCUT2D eigenvalue weighted by Gasteiger charge is -2.05. The van der Waals surface area contributed by atoms with E-state index < -0.39 is 4.92 Å². The molecule has 0 amide bonds. The van der Waals surface area contributed by atoms with E-state index in [1.54, 1.807) is 24.3 Å². The summed E-state index contributed by atoms with van der Waals surface area (Å²) in [6.07, 6.45) is 0. The average Bonchev–Trinajstić information content (AvgIpc) is 2.87. The average molecular weight is 256 g/mol. The van der Waals surface area contributed by atoms with Crippen LogP contribution < -0.4 is 0 Å². The fourth-order valence-electron chi connectivity index (χ4n) is 1.98. The number of rotatable bonds is 2. The zero-order valence-electron chi connectivity index (χ0n) is 9.57. The highest BCUT2D eigenvalue weighted by Crippen LogP contribution is 2.38. The van der Waals surface area contributed by atoms with E-state index in [9.17, 15) is 15.2 Å². The maximum Gasteiger partial charge on any atom is 0.311 e. The fraction of sp³-hybridized carbons (Fsp3) is 0. The second kappa shape index (κ2) is 4.05. The number of benzene rings is 2. The number of phenols is 1. The molecule has 0 aliphatic heterocycles. The lowest BCUT2D eigenvalue weighted by Crippen LogP contribution is -1.90. The molecule has 94 valence electrons. The van der Waals surface area contributed by atoms with Crippen molar-refractivity contribution in [3.05, 3.63) is 46.5 Å². The van der Waals surface area contributed by atoms with E-state index in [0.717, 1.165) is 0 Å². The van der Waals surface area contributed by atoms with Crippen molar-refractivity contribution in [1.82, 2.24) is 15.4 Å². The molecule has 0 fully saturated rings. The summed E-state index contributed by atoms with van der Waals surface area (Å²) >= 11 is 0. The summed E-state index contributed by atoms with van der Waals surface area (Å²) in [6.45, 7) is 0. The predicted molar refractivity (Wildman–Crippen MR) is 67.6 cm³/mol. The molecule has 0 aliphatic rings. The van der Waals surface area contributed by atoms with Gasteiger partial charge in [0.1, 0.15) is 11.0 Å². The van der Waals surface area contributed by atoms with Gasteiger partial charge in [0.25, 0.3) is 0 Å². The van der Waals surface area contributed by atoms with Crippen molar-refractivity contribution in [2.45, 2.75) is 0 Å². The normalized spacial score (nSPS) is 10.7. The molecular weight excluding hydrogens is 248 g/mol. The van der Waals surface area contributed by atoms with Crippen molar-refractivity contribution in [3.63, 3.8) is 0 Å². The number of nitro benzene ring substituents is 1. The SMILES string of the molecule is O=[N+]([O-])c1cccc(-c2cccc3n[nH]nc23)c1O. The molecule has 0 unspecified atom stereocenters. The van der Waals surface area contributed by atoms with Crippen molar-refractivity contribution in [2.24, 2.45) is 0 Å². The van der Waals surface area contributed by atoms with E-state index in [-0.39, 0.29) is 11.4 Å². The van der Waals surface area contributed by atoms with Gasteiger partial charge in [0.05, 0.1) is 4.92 Å². The van der Waals surface area contributed by atoms with Gasteiger partial charge in [-0.15, -0.1) is 0 Å². The van der Waals surface area contributed by atoms with Gasteiger partial charge in [0, 0.05) is 17.2 Å². The van der Waals surface area contributed by atoms with Crippen LogP contribution in [0.15, 0.2) is 36.4 Å². The largest absolute Gasteiger partial charge is 0.502 e. The summed E-state index contributed by atoms with van der Waals surface area (Å²) in [5.41, 5.74) is 1.79. The zero-order valence-corrected chi connectivity index (χ0v) is 9.57. The van der Waals surface area contributed by atoms with E-state index in [0.29, 0.717) is 22.2 Å². The highest BCUT2D eigenvalue weighted by atomic mass is 16.6. The Balaban J connectivity index is 2.30. The van der Waals surface area contributed by atoms with Gasteiger partial charge >= 0.3 is 5.69 Å². The standard InChI is InChI=1S/C12H8N4O3/c17-12-8(4-2-6-10(12)16(18)19)7-3-1-5-9-11(7)14-15-13-9/h1-6,17H,(H,13,14,15). The Kier molecular flexibility index (Phi) is 2.38. The van der Waals surface area contributed by atoms with Crippen LogP contribution in [0.2, 0.25) is 0 Å². The van der Waals surface area contributed by atoms with Gasteiger partial charge in [-0.05, 0) is 6.07 Å². The smallest absolute Gasteiger partial charge is 0.311 e. The van der Waals surface area contributed by atoms with Gasteiger partial charge < -0.3 is 5.11 Å². The summed E-state index contributed by atoms with van der Waals surface area (Å²) < 4.78 is 0. The van der Waals surface area contributed by atoms with Crippen LogP contribution in [0.1, 0.15) is 0 Å². The van der Waals surface area contributed by atoms with Crippen LogP contribution in [-0.4, -0.2) is 25.4 Å². The quantitative estimate of drug-likeness (QED) is 0.540. The molecule has 3 rings (SSSR count). The van der Waals surface area contributed by atoms with Gasteiger partial charge in [-0.3, -0.25) is 10.1 Å². The van der Waals surface area contributed by atoms with Crippen molar-refractivity contribution < 1.29 is 10.0 Å². The van der Waals surface area contributed by atoms with Crippen LogP contribution >= 0.6 is 0 Å². The second-order valence-corrected chi connectivity index (χ2v) is 3.93. The van der Waals surface area contributed by atoms with Crippen LogP contribution in [0.25, 0.3) is 22.2 Å². The van der Waals surface area contributed by atoms with Gasteiger partial charge in [0.2, 0.25) is 5.75 Å².